The standard InChI is InChI=1S/C16H30N4/c1-5-15(6-2)20-11-8-14(18-20)12-17-13-16(19(3)4)9-7-10-16/h8,11,15,17H,5-7,9-10,12-13H2,1-4H3. The van der Waals surface area contributed by atoms with E-state index in [2.05, 4.69) is 55.1 Å². The summed E-state index contributed by atoms with van der Waals surface area (Å²) >= 11 is 0. The van der Waals surface area contributed by atoms with E-state index >= 15 is 0 Å². The number of hydrogen-bond donors (Lipinski definition) is 1. The molecule has 1 aromatic rings. The Hall–Kier alpha value is -0.870. The molecule has 1 fully saturated rings. The lowest BCUT2D eigenvalue weighted by atomic mass is 9.75. The van der Waals surface area contributed by atoms with E-state index in [0.717, 1.165) is 31.6 Å². The normalized spacial score (nSPS) is 17.7. The van der Waals surface area contributed by atoms with Crippen molar-refractivity contribution in [2.45, 2.75) is 64.1 Å². The summed E-state index contributed by atoms with van der Waals surface area (Å²) in [5.74, 6) is 0. The Morgan fingerprint density at radius 1 is 1.35 bits per heavy atom. The van der Waals surface area contributed by atoms with Crippen LogP contribution in [0.5, 0.6) is 0 Å². The maximum atomic E-state index is 4.70. The first-order valence-electron chi connectivity index (χ1n) is 8.03. The molecule has 1 saturated carbocycles. The molecule has 0 saturated heterocycles. The van der Waals surface area contributed by atoms with Crippen molar-refractivity contribution >= 4 is 0 Å². The Kier molecular flexibility index (Phi) is 5.22. The fourth-order valence-electron chi connectivity index (χ4n) is 3.13. The monoisotopic (exact) mass is 278 g/mol. The molecule has 0 aliphatic heterocycles. The molecular weight excluding hydrogens is 248 g/mol. The van der Waals surface area contributed by atoms with Crippen LogP contribution in [0.25, 0.3) is 0 Å². The summed E-state index contributed by atoms with van der Waals surface area (Å²) in [5, 5.41) is 8.30. The van der Waals surface area contributed by atoms with Crippen molar-refractivity contribution in [2.24, 2.45) is 0 Å². The van der Waals surface area contributed by atoms with Crippen LogP contribution in [0.4, 0.5) is 0 Å². The van der Waals surface area contributed by atoms with E-state index < -0.39 is 0 Å². The highest BCUT2D eigenvalue weighted by Crippen LogP contribution is 2.35. The molecule has 0 atom stereocenters. The van der Waals surface area contributed by atoms with Gasteiger partial charge in [0.15, 0.2) is 0 Å². The lowest BCUT2D eigenvalue weighted by Crippen LogP contribution is -2.56. The van der Waals surface area contributed by atoms with E-state index in [1.807, 2.05) is 0 Å². The van der Waals surface area contributed by atoms with Gasteiger partial charge in [-0.1, -0.05) is 13.8 Å². The van der Waals surface area contributed by atoms with E-state index in [1.165, 1.54) is 19.3 Å². The van der Waals surface area contributed by atoms with Gasteiger partial charge in [-0.3, -0.25) is 4.68 Å². The number of nitrogens with one attached hydrogen (secondary N) is 1. The van der Waals surface area contributed by atoms with Gasteiger partial charge < -0.3 is 10.2 Å². The summed E-state index contributed by atoms with van der Waals surface area (Å²) in [6, 6.07) is 2.69. The predicted molar refractivity (Wildman–Crippen MR) is 83.8 cm³/mol. The lowest BCUT2D eigenvalue weighted by Gasteiger charge is -2.47. The van der Waals surface area contributed by atoms with Crippen LogP contribution in [0.1, 0.15) is 57.7 Å². The molecule has 4 heteroatoms. The third-order valence-corrected chi connectivity index (χ3v) is 4.97. The molecule has 0 bridgehead atoms. The summed E-state index contributed by atoms with van der Waals surface area (Å²) in [5.41, 5.74) is 1.54. The van der Waals surface area contributed by atoms with Crippen molar-refractivity contribution in [3.8, 4) is 0 Å². The number of nitrogens with zero attached hydrogens (tertiary/aromatic N) is 3. The van der Waals surface area contributed by atoms with E-state index in [-0.39, 0.29) is 0 Å². The number of likely N-dealkylation sites (N-methyl/N-ethyl adjacent to an activating group) is 1. The molecule has 4 nitrogen and oxygen atoms in total. The van der Waals surface area contributed by atoms with Crippen LogP contribution in [0.3, 0.4) is 0 Å². The fraction of sp³-hybridized carbons (Fsp3) is 0.812. The van der Waals surface area contributed by atoms with Crippen LogP contribution in [0.2, 0.25) is 0 Å². The zero-order valence-corrected chi connectivity index (χ0v) is 13.5. The van der Waals surface area contributed by atoms with E-state index in [0.29, 0.717) is 11.6 Å². The van der Waals surface area contributed by atoms with Crippen molar-refractivity contribution < 1.29 is 0 Å². The first-order chi connectivity index (χ1) is 9.61. The maximum Gasteiger partial charge on any atom is 0.0762 e. The molecule has 0 amide bonds. The molecule has 1 aromatic heterocycles. The van der Waals surface area contributed by atoms with Crippen LogP contribution < -0.4 is 5.32 Å². The first-order valence-corrected chi connectivity index (χ1v) is 8.03. The molecule has 1 aliphatic rings. The summed E-state index contributed by atoms with van der Waals surface area (Å²) in [6.45, 7) is 6.40. The number of rotatable bonds is 8. The average molecular weight is 278 g/mol. The topological polar surface area (TPSA) is 33.1 Å². The quantitative estimate of drug-likeness (QED) is 0.794. The van der Waals surface area contributed by atoms with Crippen LogP contribution in [-0.2, 0) is 6.54 Å². The third kappa shape index (κ3) is 3.23. The number of hydrogen-bond acceptors (Lipinski definition) is 3. The van der Waals surface area contributed by atoms with Crippen LogP contribution in [0.15, 0.2) is 12.3 Å². The molecular formula is C16H30N4. The van der Waals surface area contributed by atoms with Gasteiger partial charge >= 0.3 is 0 Å². The minimum atomic E-state index is 0.387. The van der Waals surface area contributed by atoms with Crippen molar-refractivity contribution in [3.63, 3.8) is 0 Å². The molecule has 1 heterocycles. The zero-order chi connectivity index (χ0) is 14.6. The van der Waals surface area contributed by atoms with Crippen molar-refractivity contribution in [2.75, 3.05) is 20.6 Å². The highest BCUT2D eigenvalue weighted by Gasteiger charge is 2.38. The van der Waals surface area contributed by atoms with Gasteiger partial charge in [-0.05, 0) is 52.3 Å². The van der Waals surface area contributed by atoms with E-state index in [9.17, 15) is 0 Å². The van der Waals surface area contributed by atoms with Gasteiger partial charge in [-0.2, -0.15) is 5.10 Å². The molecule has 0 spiro atoms. The van der Waals surface area contributed by atoms with Gasteiger partial charge in [0.2, 0.25) is 0 Å². The highest BCUT2D eigenvalue weighted by molar-refractivity contribution is 5.02. The SMILES string of the molecule is CCC(CC)n1ccc(CNCC2(N(C)C)CCC2)n1. The van der Waals surface area contributed by atoms with Crippen molar-refractivity contribution in [3.05, 3.63) is 18.0 Å². The first kappa shape index (κ1) is 15.5. The molecule has 114 valence electrons. The molecule has 0 aromatic carbocycles. The summed E-state index contributed by atoms with van der Waals surface area (Å²) < 4.78 is 2.13. The van der Waals surface area contributed by atoms with E-state index in [4.69, 9.17) is 5.10 Å². The fourth-order valence-corrected chi connectivity index (χ4v) is 3.13. The third-order valence-electron chi connectivity index (χ3n) is 4.97. The Bertz CT molecular complexity index is 402. The van der Waals surface area contributed by atoms with Crippen LogP contribution >= 0.6 is 0 Å². The van der Waals surface area contributed by atoms with Gasteiger partial charge in [0.25, 0.3) is 0 Å². The van der Waals surface area contributed by atoms with Gasteiger partial charge in [0.1, 0.15) is 0 Å². The molecule has 2 rings (SSSR count). The second-order valence-electron chi connectivity index (χ2n) is 6.33. The second kappa shape index (κ2) is 6.72. The summed E-state index contributed by atoms with van der Waals surface area (Å²) in [7, 11) is 4.39. The molecule has 0 radical (unpaired) electrons. The van der Waals surface area contributed by atoms with Gasteiger partial charge in [0, 0.05) is 24.8 Å². The maximum absolute atomic E-state index is 4.70. The van der Waals surface area contributed by atoms with Gasteiger partial charge in [-0.15, -0.1) is 0 Å². The van der Waals surface area contributed by atoms with Crippen LogP contribution in [-0.4, -0.2) is 40.9 Å². The Labute approximate surface area is 123 Å². The summed E-state index contributed by atoms with van der Waals surface area (Å²) in [4.78, 5) is 2.38. The number of aromatic nitrogens is 2. The minimum absolute atomic E-state index is 0.387. The lowest BCUT2D eigenvalue weighted by molar-refractivity contribution is 0.0597. The Morgan fingerprint density at radius 2 is 2.05 bits per heavy atom. The molecule has 0 unspecified atom stereocenters. The van der Waals surface area contributed by atoms with Gasteiger partial charge in [0.05, 0.1) is 11.7 Å². The second-order valence-corrected chi connectivity index (χ2v) is 6.33. The van der Waals surface area contributed by atoms with E-state index in [1.54, 1.807) is 0 Å². The molecule has 1 aliphatic carbocycles. The molecule has 1 N–H and O–H groups in total. The highest BCUT2D eigenvalue weighted by atomic mass is 15.3. The predicted octanol–water partition coefficient (Wildman–Crippen LogP) is 2.82. The Morgan fingerprint density at radius 3 is 2.55 bits per heavy atom. The van der Waals surface area contributed by atoms with Crippen molar-refractivity contribution in [1.29, 1.82) is 0 Å². The van der Waals surface area contributed by atoms with Crippen molar-refractivity contribution in [1.82, 2.24) is 20.0 Å². The molecule has 20 heavy (non-hydrogen) atoms. The minimum Gasteiger partial charge on any atom is -0.309 e. The summed E-state index contributed by atoms with van der Waals surface area (Å²) in [6.07, 6.45) is 8.41. The smallest absolute Gasteiger partial charge is 0.0762 e. The Balaban J connectivity index is 1.82. The average Bonchev–Trinajstić information content (AvgIpc) is 2.82. The zero-order valence-electron chi connectivity index (χ0n) is 13.5. The largest absolute Gasteiger partial charge is 0.309 e. The van der Waals surface area contributed by atoms with Gasteiger partial charge in [-0.25, -0.2) is 0 Å². The van der Waals surface area contributed by atoms with Crippen LogP contribution in [0, 0.1) is 0 Å².